The molecule has 0 aliphatic heterocycles. The molecule has 0 aromatic heterocycles. The van der Waals surface area contributed by atoms with Crippen molar-refractivity contribution < 1.29 is 15.0 Å². The van der Waals surface area contributed by atoms with E-state index in [1.54, 1.807) is 6.92 Å². The molecule has 0 aliphatic rings. The zero-order chi connectivity index (χ0) is 18.8. The third kappa shape index (κ3) is 23.4. The van der Waals surface area contributed by atoms with Crippen LogP contribution in [0.25, 0.3) is 0 Å². The maximum atomic E-state index is 9.60. The van der Waals surface area contributed by atoms with Crippen LogP contribution in [0.3, 0.4) is 0 Å². The molecule has 0 spiro atoms. The molecule has 0 aliphatic carbocycles. The predicted molar refractivity (Wildman–Crippen MR) is 103 cm³/mol. The molecule has 0 radical (unpaired) electrons. The van der Waals surface area contributed by atoms with Crippen molar-refractivity contribution in [2.24, 2.45) is 0 Å². The van der Waals surface area contributed by atoms with Crippen LogP contribution in [-0.4, -0.2) is 28.5 Å². The first-order chi connectivity index (χ1) is 11.3. The van der Waals surface area contributed by atoms with Gasteiger partial charge in [-0.1, -0.05) is 77.7 Å². The summed E-state index contributed by atoms with van der Waals surface area (Å²) in [7, 11) is 0. The summed E-state index contributed by atoms with van der Waals surface area (Å²) in [5.74, 6) is -0.935. The highest BCUT2D eigenvalue weighted by atomic mass is 16.4. The first-order valence-corrected chi connectivity index (χ1v) is 9.64. The Labute approximate surface area is 149 Å². The molecule has 2 atom stereocenters. The van der Waals surface area contributed by atoms with Crippen molar-refractivity contribution >= 4 is 5.97 Å². The molecule has 0 fully saturated rings. The fraction of sp³-hybridized carbons (Fsp3) is 0.850. The quantitative estimate of drug-likeness (QED) is 0.228. The van der Waals surface area contributed by atoms with Gasteiger partial charge >= 0.3 is 5.97 Å². The van der Waals surface area contributed by atoms with E-state index in [0.29, 0.717) is 6.04 Å². The van der Waals surface area contributed by atoms with Gasteiger partial charge in [0.15, 0.2) is 0 Å². The maximum Gasteiger partial charge on any atom is 0.330 e. The van der Waals surface area contributed by atoms with E-state index in [2.05, 4.69) is 25.7 Å². The molecule has 144 valence electrons. The van der Waals surface area contributed by atoms with E-state index in [1.807, 2.05) is 0 Å². The second kappa shape index (κ2) is 18.5. The summed E-state index contributed by atoms with van der Waals surface area (Å²) < 4.78 is 0. The number of carboxylic acids is 1. The van der Waals surface area contributed by atoms with E-state index >= 15 is 0 Å². The fourth-order valence-electron chi connectivity index (χ4n) is 2.43. The van der Waals surface area contributed by atoms with Gasteiger partial charge in [-0.25, -0.2) is 4.79 Å². The van der Waals surface area contributed by atoms with Crippen molar-refractivity contribution in [2.75, 3.05) is 0 Å². The van der Waals surface area contributed by atoms with Gasteiger partial charge in [0.05, 0.1) is 0 Å². The van der Waals surface area contributed by atoms with Crippen LogP contribution in [0.2, 0.25) is 0 Å². The number of carboxylic acid groups (broad SMARTS) is 1. The molecule has 4 heteroatoms. The Morgan fingerprint density at radius 1 is 0.958 bits per heavy atom. The lowest BCUT2D eigenvalue weighted by Gasteiger charge is -2.15. The molecule has 0 aromatic carbocycles. The van der Waals surface area contributed by atoms with Gasteiger partial charge in [-0.05, 0) is 27.2 Å². The Balaban J connectivity index is 0. The number of unbranched alkanes of at least 4 members (excludes halogenated alkanes) is 9. The Kier molecular flexibility index (Phi) is 19.5. The number of hydrogen-bond acceptors (Lipinski definition) is 3. The summed E-state index contributed by atoms with van der Waals surface area (Å²) in [5.41, 5.74) is 0.176. The number of aliphatic hydroxyl groups is 1. The molecular formula is C20H41NO3. The molecule has 0 aromatic rings. The first kappa shape index (κ1) is 25.4. The SMILES string of the molecule is C=C(C)C(=O)O.CCCCCCCCCCCCC(C)NC(C)O. The lowest BCUT2D eigenvalue weighted by Crippen LogP contribution is -2.33. The normalized spacial score (nSPS) is 12.9. The van der Waals surface area contributed by atoms with Crippen molar-refractivity contribution in [1.29, 1.82) is 0 Å². The second-order valence-electron chi connectivity index (χ2n) is 6.80. The topological polar surface area (TPSA) is 69.6 Å². The number of aliphatic carboxylic acids is 1. The van der Waals surface area contributed by atoms with Gasteiger partial charge in [-0.2, -0.15) is 0 Å². The summed E-state index contributed by atoms with van der Waals surface area (Å²) in [6.07, 6.45) is 14.7. The monoisotopic (exact) mass is 343 g/mol. The van der Waals surface area contributed by atoms with Crippen LogP contribution in [0, 0.1) is 0 Å². The lowest BCUT2D eigenvalue weighted by atomic mass is 10.0. The Hall–Kier alpha value is -0.870. The van der Waals surface area contributed by atoms with Crippen molar-refractivity contribution in [3.05, 3.63) is 12.2 Å². The van der Waals surface area contributed by atoms with Crippen molar-refractivity contribution in [2.45, 2.75) is 111 Å². The minimum Gasteiger partial charge on any atom is -0.478 e. The van der Waals surface area contributed by atoms with Crippen LogP contribution in [-0.2, 0) is 4.79 Å². The minimum atomic E-state index is -0.935. The van der Waals surface area contributed by atoms with E-state index < -0.39 is 5.97 Å². The zero-order valence-corrected chi connectivity index (χ0v) is 16.4. The molecule has 0 bridgehead atoms. The van der Waals surface area contributed by atoms with E-state index in [1.165, 1.54) is 77.6 Å². The summed E-state index contributed by atoms with van der Waals surface area (Å²) >= 11 is 0. The van der Waals surface area contributed by atoms with Crippen molar-refractivity contribution in [3.8, 4) is 0 Å². The summed E-state index contributed by atoms with van der Waals surface area (Å²) in [6, 6.07) is 0.444. The zero-order valence-electron chi connectivity index (χ0n) is 16.4. The Morgan fingerprint density at radius 3 is 1.67 bits per heavy atom. The second-order valence-corrected chi connectivity index (χ2v) is 6.80. The molecule has 0 rings (SSSR count). The number of aliphatic hydroxyl groups excluding tert-OH is 1. The molecule has 24 heavy (non-hydrogen) atoms. The van der Waals surface area contributed by atoms with Crippen LogP contribution in [0.5, 0.6) is 0 Å². The highest BCUT2D eigenvalue weighted by molar-refractivity contribution is 5.84. The maximum absolute atomic E-state index is 9.60. The number of rotatable bonds is 14. The molecule has 0 heterocycles. The highest BCUT2D eigenvalue weighted by Crippen LogP contribution is 2.11. The van der Waals surface area contributed by atoms with E-state index in [4.69, 9.17) is 5.11 Å². The fourth-order valence-corrected chi connectivity index (χ4v) is 2.43. The van der Waals surface area contributed by atoms with Gasteiger partial charge in [0.25, 0.3) is 0 Å². The summed E-state index contributed by atoms with van der Waals surface area (Å²) in [6.45, 7) is 10.8. The van der Waals surface area contributed by atoms with Crippen LogP contribution in [0.1, 0.15) is 98.3 Å². The third-order valence-corrected chi connectivity index (χ3v) is 3.88. The van der Waals surface area contributed by atoms with Gasteiger partial charge in [-0.3, -0.25) is 5.32 Å². The van der Waals surface area contributed by atoms with Crippen LogP contribution < -0.4 is 5.32 Å². The average molecular weight is 344 g/mol. The van der Waals surface area contributed by atoms with Crippen LogP contribution in [0.15, 0.2) is 12.2 Å². The average Bonchev–Trinajstić information content (AvgIpc) is 2.49. The number of nitrogens with one attached hydrogen (secondary N) is 1. The molecule has 4 nitrogen and oxygen atoms in total. The van der Waals surface area contributed by atoms with E-state index in [0.717, 1.165) is 0 Å². The molecule has 0 saturated carbocycles. The van der Waals surface area contributed by atoms with Crippen molar-refractivity contribution in [3.63, 3.8) is 0 Å². The molecular weight excluding hydrogens is 302 g/mol. The van der Waals surface area contributed by atoms with Crippen LogP contribution >= 0.6 is 0 Å². The first-order valence-electron chi connectivity index (χ1n) is 9.64. The van der Waals surface area contributed by atoms with Gasteiger partial charge < -0.3 is 10.2 Å². The lowest BCUT2D eigenvalue weighted by molar-refractivity contribution is -0.132. The smallest absolute Gasteiger partial charge is 0.330 e. The van der Waals surface area contributed by atoms with Crippen LogP contribution in [0.4, 0.5) is 0 Å². The third-order valence-electron chi connectivity index (χ3n) is 3.88. The van der Waals surface area contributed by atoms with E-state index in [-0.39, 0.29) is 11.8 Å². The Bertz CT molecular complexity index is 291. The van der Waals surface area contributed by atoms with Gasteiger partial charge in [-0.15, -0.1) is 0 Å². The summed E-state index contributed by atoms with van der Waals surface area (Å²) in [4.78, 5) is 9.60. The van der Waals surface area contributed by atoms with E-state index in [9.17, 15) is 9.90 Å². The van der Waals surface area contributed by atoms with Gasteiger partial charge in [0.1, 0.15) is 6.23 Å². The molecule has 3 N–H and O–H groups in total. The molecule has 0 amide bonds. The van der Waals surface area contributed by atoms with Gasteiger partial charge in [0, 0.05) is 11.6 Å². The number of hydrogen-bond donors (Lipinski definition) is 3. The minimum absolute atomic E-state index is 0.176. The molecule has 0 saturated heterocycles. The highest BCUT2D eigenvalue weighted by Gasteiger charge is 2.03. The predicted octanol–water partition coefficient (Wildman–Crippen LogP) is 5.26. The number of carbonyl (C=O) groups is 1. The Morgan fingerprint density at radius 2 is 1.33 bits per heavy atom. The summed E-state index contributed by atoms with van der Waals surface area (Å²) in [5, 5.41) is 20.2. The largest absolute Gasteiger partial charge is 0.478 e. The standard InChI is InChI=1S/C16H35NO.C4H6O2/c1-4-5-6-7-8-9-10-11-12-13-14-15(2)17-16(3)18;1-3(2)4(5)6/h15-18H,4-14H2,1-3H3;1H2,2H3,(H,5,6). The molecule has 2 unspecified atom stereocenters. The van der Waals surface area contributed by atoms with Gasteiger partial charge in [0.2, 0.25) is 0 Å². The van der Waals surface area contributed by atoms with Crippen molar-refractivity contribution in [1.82, 2.24) is 5.32 Å².